The van der Waals surface area contributed by atoms with Gasteiger partial charge in [0.25, 0.3) is 0 Å². The van der Waals surface area contributed by atoms with Crippen LogP contribution in [-0.2, 0) is 17.9 Å². The molecule has 24 heavy (non-hydrogen) atoms. The van der Waals surface area contributed by atoms with Gasteiger partial charge in [0, 0.05) is 43.1 Å². The van der Waals surface area contributed by atoms with Crippen molar-refractivity contribution < 1.29 is 4.79 Å². The lowest BCUT2D eigenvalue weighted by Gasteiger charge is -2.33. The average Bonchev–Trinajstić information content (AvgIpc) is 3.01. The maximum absolute atomic E-state index is 11.4. The second-order valence-electron chi connectivity index (χ2n) is 6.48. The molecule has 2 heterocycles. The van der Waals surface area contributed by atoms with Crippen molar-refractivity contribution in [2.45, 2.75) is 32.9 Å². The van der Waals surface area contributed by atoms with Gasteiger partial charge < -0.3 is 16.0 Å². The van der Waals surface area contributed by atoms with Gasteiger partial charge in [-0.2, -0.15) is 5.10 Å². The molecule has 0 aliphatic carbocycles. The number of rotatable bonds is 6. The van der Waals surface area contributed by atoms with Gasteiger partial charge in [-0.25, -0.2) is 0 Å². The number of piperidine rings is 1. The van der Waals surface area contributed by atoms with E-state index >= 15 is 0 Å². The molecule has 0 spiro atoms. The van der Waals surface area contributed by atoms with Crippen LogP contribution in [0.15, 0.2) is 30.5 Å². The lowest BCUT2D eigenvalue weighted by Crippen LogP contribution is -2.41. The van der Waals surface area contributed by atoms with Gasteiger partial charge in [-0.15, -0.1) is 0 Å². The second-order valence-corrected chi connectivity index (χ2v) is 6.48. The molecule has 6 heteroatoms. The van der Waals surface area contributed by atoms with Gasteiger partial charge in [0.2, 0.25) is 5.91 Å². The summed E-state index contributed by atoms with van der Waals surface area (Å²) in [6.45, 7) is 5.36. The zero-order chi connectivity index (χ0) is 16.9. The quantitative estimate of drug-likeness (QED) is 0.754. The normalized spacial score (nSPS) is 17.9. The highest BCUT2D eigenvalue weighted by molar-refractivity contribution is 5.77. The molecule has 4 N–H and O–H groups in total. The number of benzene rings is 1. The fourth-order valence-corrected chi connectivity index (χ4v) is 3.16. The van der Waals surface area contributed by atoms with Crippen molar-refractivity contribution in [1.29, 1.82) is 0 Å². The number of aryl methyl sites for hydroxylation is 1. The van der Waals surface area contributed by atoms with Crippen molar-refractivity contribution >= 4 is 11.6 Å². The first-order valence-corrected chi connectivity index (χ1v) is 8.46. The summed E-state index contributed by atoms with van der Waals surface area (Å²) in [5, 5.41) is 10.4. The molecular formula is C18H25N5O. The molecule has 0 bridgehead atoms. The minimum Gasteiger partial charge on any atom is -0.371 e. The van der Waals surface area contributed by atoms with E-state index in [4.69, 9.17) is 5.73 Å². The number of nitrogens with one attached hydrogen (secondary N) is 2. The SMILES string of the molecule is Cc1[nH]ncc1CNCc1ccc(N2CCC[C@@H](C(N)=O)C2)cc1. The van der Waals surface area contributed by atoms with Gasteiger partial charge in [0.1, 0.15) is 0 Å². The van der Waals surface area contributed by atoms with Crippen LogP contribution < -0.4 is 16.0 Å². The fourth-order valence-electron chi connectivity index (χ4n) is 3.16. The van der Waals surface area contributed by atoms with Crippen LogP contribution in [0, 0.1) is 12.8 Å². The van der Waals surface area contributed by atoms with Crippen LogP contribution >= 0.6 is 0 Å². The summed E-state index contributed by atoms with van der Waals surface area (Å²) in [6.07, 6.45) is 3.78. The van der Waals surface area contributed by atoms with Crippen molar-refractivity contribution in [2.75, 3.05) is 18.0 Å². The van der Waals surface area contributed by atoms with E-state index in [1.807, 2.05) is 13.1 Å². The maximum atomic E-state index is 11.4. The first-order chi connectivity index (χ1) is 11.6. The number of carbonyl (C=O) groups is 1. The summed E-state index contributed by atoms with van der Waals surface area (Å²) in [4.78, 5) is 13.7. The number of amides is 1. The lowest BCUT2D eigenvalue weighted by molar-refractivity contribution is -0.122. The van der Waals surface area contributed by atoms with Crippen LogP contribution in [-0.4, -0.2) is 29.2 Å². The van der Waals surface area contributed by atoms with Gasteiger partial charge in [0.05, 0.1) is 12.1 Å². The summed E-state index contributed by atoms with van der Waals surface area (Å²) in [5.41, 5.74) is 10.2. The van der Waals surface area contributed by atoms with Gasteiger partial charge >= 0.3 is 0 Å². The molecule has 1 aliphatic heterocycles. The Morgan fingerprint density at radius 3 is 2.83 bits per heavy atom. The third kappa shape index (κ3) is 3.94. The van der Waals surface area contributed by atoms with Gasteiger partial charge in [0.15, 0.2) is 0 Å². The van der Waals surface area contributed by atoms with Crippen LogP contribution in [0.25, 0.3) is 0 Å². The number of carbonyl (C=O) groups excluding carboxylic acids is 1. The van der Waals surface area contributed by atoms with Crippen LogP contribution in [0.1, 0.15) is 29.7 Å². The van der Waals surface area contributed by atoms with Gasteiger partial charge in [-0.05, 0) is 37.5 Å². The van der Waals surface area contributed by atoms with E-state index in [2.05, 4.69) is 44.7 Å². The molecule has 3 rings (SSSR count). The van der Waals surface area contributed by atoms with Crippen LogP contribution in [0.3, 0.4) is 0 Å². The Morgan fingerprint density at radius 2 is 2.17 bits per heavy atom. The molecule has 1 saturated heterocycles. The first kappa shape index (κ1) is 16.5. The first-order valence-electron chi connectivity index (χ1n) is 8.46. The van der Waals surface area contributed by atoms with E-state index in [0.717, 1.165) is 50.4 Å². The van der Waals surface area contributed by atoms with Crippen LogP contribution in [0.4, 0.5) is 5.69 Å². The molecular weight excluding hydrogens is 302 g/mol. The minimum absolute atomic E-state index is 0.0294. The molecule has 1 fully saturated rings. The van der Waals surface area contributed by atoms with Crippen molar-refractivity contribution in [1.82, 2.24) is 15.5 Å². The Bertz CT molecular complexity index is 679. The molecule has 1 aromatic carbocycles. The van der Waals surface area contributed by atoms with Crippen LogP contribution in [0.2, 0.25) is 0 Å². The largest absolute Gasteiger partial charge is 0.371 e. The number of aromatic nitrogens is 2. The maximum Gasteiger partial charge on any atom is 0.222 e. The number of nitrogens with two attached hydrogens (primary N) is 1. The number of anilines is 1. The molecule has 1 aromatic heterocycles. The molecule has 1 atom stereocenters. The Balaban J connectivity index is 1.53. The molecule has 128 valence electrons. The van der Waals surface area contributed by atoms with E-state index in [0.29, 0.717) is 0 Å². The summed E-state index contributed by atoms with van der Waals surface area (Å²) in [7, 11) is 0. The number of hydrogen-bond acceptors (Lipinski definition) is 4. The Morgan fingerprint density at radius 1 is 1.38 bits per heavy atom. The predicted octanol–water partition coefficient (Wildman–Crippen LogP) is 1.71. The fraction of sp³-hybridized carbons (Fsp3) is 0.444. The van der Waals surface area contributed by atoms with Gasteiger partial charge in [-0.3, -0.25) is 9.89 Å². The third-order valence-electron chi connectivity index (χ3n) is 4.70. The Labute approximate surface area is 142 Å². The molecule has 6 nitrogen and oxygen atoms in total. The number of aromatic amines is 1. The highest BCUT2D eigenvalue weighted by atomic mass is 16.1. The Kier molecular flexibility index (Phi) is 5.15. The highest BCUT2D eigenvalue weighted by Crippen LogP contribution is 2.23. The predicted molar refractivity (Wildman–Crippen MR) is 94.4 cm³/mol. The lowest BCUT2D eigenvalue weighted by atomic mass is 9.97. The molecule has 2 aromatic rings. The zero-order valence-electron chi connectivity index (χ0n) is 14.1. The standard InChI is InChI=1S/C18H25N5O/c1-13-16(11-21-22-13)10-20-9-14-4-6-17(7-5-14)23-8-2-3-15(12-23)18(19)24/h4-7,11,15,20H,2-3,8-10,12H2,1H3,(H2,19,24)(H,21,22)/t15-/m1/s1. The molecule has 1 amide bonds. The minimum atomic E-state index is -0.185. The molecule has 0 radical (unpaired) electrons. The van der Waals surface area contributed by atoms with E-state index in [9.17, 15) is 4.79 Å². The zero-order valence-corrected chi connectivity index (χ0v) is 14.1. The van der Waals surface area contributed by atoms with E-state index < -0.39 is 0 Å². The molecule has 0 unspecified atom stereocenters. The number of H-pyrrole nitrogens is 1. The molecule has 0 saturated carbocycles. The summed E-state index contributed by atoms with van der Waals surface area (Å²) >= 11 is 0. The van der Waals surface area contributed by atoms with E-state index in [1.54, 1.807) is 0 Å². The topological polar surface area (TPSA) is 87.0 Å². The van der Waals surface area contributed by atoms with Crippen molar-refractivity contribution in [3.63, 3.8) is 0 Å². The average molecular weight is 327 g/mol. The number of nitrogens with zero attached hydrogens (tertiary/aromatic N) is 2. The number of primary amides is 1. The monoisotopic (exact) mass is 327 g/mol. The third-order valence-corrected chi connectivity index (χ3v) is 4.70. The van der Waals surface area contributed by atoms with E-state index in [1.165, 1.54) is 11.1 Å². The van der Waals surface area contributed by atoms with Crippen LogP contribution in [0.5, 0.6) is 0 Å². The van der Waals surface area contributed by atoms with Crippen molar-refractivity contribution in [2.24, 2.45) is 11.7 Å². The number of hydrogen-bond donors (Lipinski definition) is 3. The smallest absolute Gasteiger partial charge is 0.222 e. The summed E-state index contributed by atoms with van der Waals surface area (Å²) < 4.78 is 0. The van der Waals surface area contributed by atoms with Crippen molar-refractivity contribution in [3.8, 4) is 0 Å². The Hall–Kier alpha value is -2.34. The van der Waals surface area contributed by atoms with Crippen molar-refractivity contribution in [3.05, 3.63) is 47.3 Å². The summed E-state index contributed by atoms with van der Waals surface area (Å²) in [6, 6.07) is 8.53. The van der Waals surface area contributed by atoms with Gasteiger partial charge in [-0.1, -0.05) is 12.1 Å². The molecule has 1 aliphatic rings. The highest BCUT2D eigenvalue weighted by Gasteiger charge is 2.23. The van der Waals surface area contributed by atoms with E-state index in [-0.39, 0.29) is 11.8 Å². The summed E-state index contributed by atoms with van der Waals surface area (Å²) in [5.74, 6) is -0.214. The second kappa shape index (κ2) is 7.49.